The van der Waals surface area contributed by atoms with Crippen LogP contribution in [-0.2, 0) is 0 Å². The van der Waals surface area contributed by atoms with E-state index in [1.807, 2.05) is 24.3 Å². The summed E-state index contributed by atoms with van der Waals surface area (Å²) in [6, 6.07) is 15.3. The van der Waals surface area contributed by atoms with Gasteiger partial charge in [-0.1, -0.05) is 24.3 Å². The predicted octanol–water partition coefficient (Wildman–Crippen LogP) is 4.15. The third kappa shape index (κ3) is 1.64. The standard InChI is InChI=1S/C15H9NOS/c16-9-12-8-11(4-5-14(12)17)13-3-1-2-10-6-7-18-15(10)13/h1-8,17H. The molecule has 18 heavy (non-hydrogen) atoms. The molecule has 0 bridgehead atoms. The van der Waals surface area contributed by atoms with E-state index >= 15 is 0 Å². The van der Waals surface area contributed by atoms with Gasteiger partial charge in [-0.15, -0.1) is 11.3 Å². The Kier molecular flexibility index (Phi) is 2.51. The molecule has 1 aromatic heterocycles. The molecule has 2 aromatic carbocycles. The highest BCUT2D eigenvalue weighted by molar-refractivity contribution is 7.17. The van der Waals surface area contributed by atoms with Crippen molar-refractivity contribution >= 4 is 21.4 Å². The van der Waals surface area contributed by atoms with Crippen LogP contribution in [0.4, 0.5) is 0 Å². The minimum atomic E-state index is 0.0274. The van der Waals surface area contributed by atoms with Crippen molar-refractivity contribution in [1.82, 2.24) is 0 Å². The van der Waals surface area contributed by atoms with Crippen molar-refractivity contribution in [3.05, 3.63) is 53.4 Å². The Morgan fingerprint density at radius 2 is 2.00 bits per heavy atom. The molecule has 0 aliphatic heterocycles. The smallest absolute Gasteiger partial charge is 0.133 e. The molecule has 86 valence electrons. The summed E-state index contributed by atoms with van der Waals surface area (Å²) in [5, 5.41) is 21.7. The maximum atomic E-state index is 9.54. The van der Waals surface area contributed by atoms with Crippen LogP contribution in [0, 0.1) is 11.3 Å². The van der Waals surface area contributed by atoms with Gasteiger partial charge in [0.2, 0.25) is 0 Å². The van der Waals surface area contributed by atoms with Gasteiger partial charge in [0.15, 0.2) is 0 Å². The van der Waals surface area contributed by atoms with Crippen molar-refractivity contribution in [2.24, 2.45) is 0 Å². The normalized spacial score (nSPS) is 10.4. The molecule has 0 spiro atoms. The highest BCUT2D eigenvalue weighted by atomic mass is 32.1. The van der Waals surface area contributed by atoms with Gasteiger partial charge >= 0.3 is 0 Å². The molecule has 0 aliphatic rings. The Hall–Kier alpha value is -2.31. The molecule has 3 rings (SSSR count). The molecule has 0 unspecified atom stereocenters. The lowest BCUT2D eigenvalue weighted by Gasteiger charge is -2.05. The first kappa shape index (κ1) is 10.8. The predicted molar refractivity (Wildman–Crippen MR) is 73.6 cm³/mol. The monoisotopic (exact) mass is 251 g/mol. The van der Waals surface area contributed by atoms with E-state index < -0.39 is 0 Å². The second-order valence-electron chi connectivity index (χ2n) is 3.99. The maximum absolute atomic E-state index is 9.54. The van der Waals surface area contributed by atoms with E-state index in [4.69, 9.17) is 5.26 Å². The van der Waals surface area contributed by atoms with Crippen LogP contribution in [0.25, 0.3) is 21.2 Å². The number of hydrogen-bond donors (Lipinski definition) is 1. The molecule has 0 radical (unpaired) electrons. The van der Waals surface area contributed by atoms with Crippen LogP contribution in [-0.4, -0.2) is 5.11 Å². The molecule has 1 N–H and O–H groups in total. The van der Waals surface area contributed by atoms with E-state index in [0.29, 0.717) is 5.56 Å². The second-order valence-corrected chi connectivity index (χ2v) is 4.90. The third-order valence-electron chi connectivity index (χ3n) is 2.91. The number of rotatable bonds is 1. The summed E-state index contributed by atoms with van der Waals surface area (Å²) >= 11 is 1.68. The number of phenolic OH excluding ortho intramolecular Hbond substituents is 1. The van der Waals surface area contributed by atoms with Gasteiger partial charge in [-0.05, 0) is 40.1 Å². The molecule has 0 fully saturated rings. The molecular weight excluding hydrogens is 242 g/mol. The molecule has 0 atom stereocenters. The lowest BCUT2D eigenvalue weighted by Crippen LogP contribution is -1.81. The Morgan fingerprint density at radius 1 is 1.11 bits per heavy atom. The van der Waals surface area contributed by atoms with Crippen LogP contribution < -0.4 is 0 Å². The summed E-state index contributed by atoms with van der Waals surface area (Å²) in [6.45, 7) is 0. The van der Waals surface area contributed by atoms with Crippen LogP contribution in [0.2, 0.25) is 0 Å². The summed E-state index contributed by atoms with van der Waals surface area (Å²) < 4.78 is 1.20. The van der Waals surface area contributed by atoms with Crippen molar-refractivity contribution in [2.75, 3.05) is 0 Å². The molecule has 3 aromatic rings. The zero-order valence-electron chi connectivity index (χ0n) is 9.42. The van der Waals surface area contributed by atoms with Gasteiger partial charge in [0, 0.05) is 4.70 Å². The first-order valence-corrected chi connectivity index (χ1v) is 6.37. The van der Waals surface area contributed by atoms with Crippen LogP contribution in [0.3, 0.4) is 0 Å². The fourth-order valence-electron chi connectivity index (χ4n) is 2.01. The average molecular weight is 251 g/mol. The fraction of sp³-hybridized carbons (Fsp3) is 0. The Balaban J connectivity index is 2.27. The van der Waals surface area contributed by atoms with Crippen LogP contribution in [0.15, 0.2) is 47.8 Å². The Bertz CT molecular complexity index is 768. The topological polar surface area (TPSA) is 44.0 Å². The number of phenols is 1. The first-order chi connectivity index (χ1) is 8.79. The molecule has 3 heteroatoms. The summed E-state index contributed by atoms with van der Waals surface area (Å²) in [7, 11) is 0. The average Bonchev–Trinajstić information content (AvgIpc) is 2.87. The summed E-state index contributed by atoms with van der Waals surface area (Å²) in [4.78, 5) is 0. The minimum Gasteiger partial charge on any atom is -0.507 e. The molecule has 0 amide bonds. The van der Waals surface area contributed by atoms with Gasteiger partial charge in [0.1, 0.15) is 11.8 Å². The van der Waals surface area contributed by atoms with Gasteiger partial charge in [-0.2, -0.15) is 5.26 Å². The van der Waals surface area contributed by atoms with E-state index in [1.54, 1.807) is 23.5 Å². The van der Waals surface area contributed by atoms with Gasteiger partial charge in [-0.3, -0.25) is 0 Å². The van der Waals surface area contributed by atoms with E-state index in [0.717, 1.165) is 11.1 Å². The van der Waals surface area contributed by atoms with E-state index in [2.05, 4.69) is 17.5 Å². The van der Waals surface area contributed by atoms with Gasteiger partial charge < -0.3 is 5.11 Å². The summed E-state index contributed by atoms with van der Waals surface area (Å²) in [5.74, 6) is 0.0274. The van der Waals surface area contributed by atoms with E-state index in [-0.39, 0.29) is 5.75 Å². The van der Waals surface area contributed by atoms with Crippen molar-refractivity contribution < 1.29 is 5.11 Å². The summed E-state index contributed by atoms with van der Waals surface area (Å²) in [6.07, 6.45) is 0. The van der Waals surface area contributed by atoms with E-state index in [1.165, 1.54) is 10.1 Å². The number of thiophene rings is 1. The Morgan fingerprint density at radius 3 is 2.83 bits per heavy atom. The number of fused-ring (bicyclic) bond motifs is 1. The molecule has 1 heterocycles. The molecule has 0 saturated heterocycles. The number of benzene rings is 2. The molecule has 0 saturated carbocycles. The number of nitriles is 1. The molecule has 2 nitrogen and oxygen atoms in total. The van der Waals surface area contributed by atoms with Crippen LogP contribution in [0.1, 0.15) is 5.56 Å². The quantitative estimate of drug-likeness (QED) is 0.706. The first-order valence-electron chi connectivity index (χ1n) is 5.49. The zero-order chi connectivity index (χ0) is 12.5. The SMILES string of the molecule is N#Cc1cc(-c2cccc3ccsc23)ccc1O. The van der Waals surface area contributed by atoms with Crippen LogP contribution in [0.5, 0.6) is 5.75 Å². The summed E-state index contributed by atoms with van der Waals surface area (Å²) in [5.41, 5.74) is 2.36. The lowest BCUT2D eigenvalue weighted by atomic mass is 10.0. The second kappa shape index (κ2) is 4.17. The highest BCUT2D eigenvalue weighted by Gasteiger charge is 2.07. The number of aromatic hydroxyl groups is 1. The third-order valence-corrected chi connectivity index (χ3v) is 3.87. The Labute approximate surface area is 108 Å². The van der Waals surface area contributed by atoms with Crippen molar-refractivity contribution in [2.45, 2.75) is 0 Å². The van der Waals surface area contributed by atoms with Gasteiger partial charge in [0.25, 0.3) is 0 Å². The van der Waals surface area contributed by atoms with Gasteiger partial charge in [-0.25, -0.2) is 0 Å². The number of hydrogen-bond acceptors (Lipinski definition) is 3. The van der Waals surface area contributed by atoms with Crippen LogP contribution >= 0.6 is 11.3 Å². The van der Waals surface area contributed by atoms with Crippen molar-refractivity contribution in [1.29, 1.82) is 5.26 Å². The maximum Gasteiger partial charge on any atom is 0.133 e. The van der Waals surface area contributed by atoms with Crippen molar-refractivity contribution in [3.63, 3.8) is 0 Å². The number of nitrogens with zero attached hydrogens (tertiary/aromatic N) is 1. The van der Waals surface area contributed by atoms with E-state index in [9.17, 15) is 5.11 Å². The molecule has 0 aliphatic carbocycles. The van der Waals surface area contributed by atoms with Gasteiger partial charge in [0.05, 0.1) is 5.56 Å². The van der Waals surface area contributed by atoms with Crippen molar-refractivity contribution in [3.8, 4) is 22.9 Å². The minimum absolute atomic E-state index is 0.0274. The fourth-order valence-corrected chi connectivity index (χ4v) is 2.95. The molecular formula is C15H9NOS. The highest BCUT2D eigenvalue weighted by Crippen LogP contribution is 2.34. The zero-order valence-corrected chi connectivity index (χ0v) is 10.2. The largest absolute Gasteiger partial charge is 0.507 e. The lowest BCUT2D eigenvalue weighted by molar-refractivity contribution is 0.473.